The predicted octanol–water partition coefficient (Wildman–Crippen LogP) is 1.47. The van der Waals surface area contributed by atoms with E-state index in [9.17, 15) is 9.18 Å². The average molecular weight is 234 g/mol. The molecule has 1 unspecified atom stereocenters. The number of fused-ring (bicyclic) bond motifs is 1. The SMILES string of the molecule is O=C(C1CCCN1)N1CCc2ccc(F)cc21. The molecule has 0 saturated carbocycles. The molecule has 3 nitrogen and oxygen atoms in total. The van der Waals surface area contributed by atoms with Crippen LogP contribution in [0.5, 0.6) is 0 Å². The first-order valence-electron chi connectivity index (χ1n) is 6.09. The van der Waals surface area contributed by atoms with Gasteiger partial charge in [0.05, 0.1) is 6.04 Å². The van der Waals surface area contributed by atoms with Crippen molar-refractivity contribution >= 4 is 11.6 Å². The highest BCUT2D eigenvalue weighted by molar-refractivity contribution is 5.99. The Balaban J connectivity index is 1.87. The zero-order valence-electron chi connectivity index (χ0n) is 9.58. The standard InChI is InChI=1S/C13H15FN2O/c14-10-4-3-9-5-7-16(12(9)8-10)13(17)11-2-1-6-15-11/h3-4,8,11,15H,1-2,5-7H2. The molecule has 0 spiro atoms. The first-order valence-corrected chi connectivity index (χ1v) is 6.09. The van der Waals surface area contributed by atoms with Crippen molar-refractivity contribution in [3.63, 3.8) is 0 Å². The third kappa shape index (κ3) is 1.82. The number of anilines is 1. The largest absolute Gasteiger partial charge is 0.310 e. The monoisotopic (exact) mass is 234 g/mol. The number of carbonyl (C=O) groups excluding carboxylic acids is 1. The zero-order chi connectivity index (χ0) is 11.8. The van der Waals surface area contributed by atoms with Crippen LogP contribution in [0.3, 0.4) is 0 Å². The fourth-order valence-corrected chi connectivity index (χ4v) is 2.66. The van der Waals surface area contributed by atoms with E-state index in [-0.39, 0.29) is 17.8 Å². The van der Waals surface area contributed by atoms with Gasteiger partial charge in [-0.25, -0.2) is 4.39 Å². The van der Waals surface area contributed by atoms with E-state index in [1.165, 1.54) is 12.1 Å². The minimum atomic E-state index is -0.275. The van der Waals surface area contributed by atoms with Crippen LogP contribution < -0.4 is 10.2 Å². The van der Waals surface area contributed by atoms with Gasteiger partial charge < -0.3 is 10.2 Å². The van der Waals surface area contributed by atoms with Crippen molar-refractivity contribution < 1.29 is 9.18 Å². The summed E-state index contributed by atoms with van der Waals surface area (Å²) >= 11 is 0. The van der Waals surface area contributed by atoms with Crippen LogP contribution in [-0.4, -0.2) is 25.0 Å². The molecule has 1 aromatic rings. The highest BCUT2D eigenvalue weighted by Crippen LogP contribution is 2.29. The summed E-state index contributed by atoms with van der Waals surface area (Å²) in [4.78, 5) is 14.0. The first kappa shape index (κ1) is 10.7. The van der Waals surface area contributed by atoms with Crippen molar-refractivity contribution in [1.82, 2.24) is 5.32 Å². The van der Waals surface area contributed by atoms with Gasteiger partial charge in [-0.05, 0) is 43.5 Å². The molecule has 1 amide bonds. The Bertz CT molecular complexity index is 455. The van der Waals surface area contributed by atoms with Gasteiger partial charge in [0.2, 0.25) is 5.91 Å². The number of halogens is 1. The molecule has 1 atom stereocenters. The maximum atomic E-state index is 13.2. The zero-order valence-corrected chi connectivity index (χ0v) is 9.58. The lowest BCUT2D eigenvalue weighted by Gasteiger charge is -2.21. The molecule has 17 heavy (non-hydrogen) atoms. The lowest BCUT2D eigenvalue weighted by molar-refractivity contribution is -0.120. The number of benzene rings is 1. The third-order valence-electron chi connectivity index (χ3n) is 3.57. The minimum absolute atomic E-state index is 0.0794. The summed E-state index contributed by atoms with van der Waals surface area (Å²) in [7, 11) is 0. The van der Waals surface area contributed by atoms with Crippen LogP contribution in [0.15, 0.2) is 18.2 Å². The van der Waals surface area contributed by atoms with Gasteiger partial charge in [0.15, 0.2) is 0 Å². The van der Waals surface area contributed by atoms with Gasteiger partial charge in [-0.2, -0.15) is 0 Å². The number of nitrogens with zero attached hydrogens (tertiary/aromatic N) is 1. The lowest BCUT2D eigenvalue weighted by Crippen LogP contribution is -2.42. The smallest absolute Gasteiger partial charge is 0.244 e. The van der Waals surface area contributed by atoms with E-state index in [1.54, 1.807) is 11.0 Å². The fraction of sp³-hybridized carbons (Fsp3) is 0.462. The summed E-state index contributed by atoms with van der Waals surface area (Å²) in [6.45, 7) is 1.58. The molecule has 4 heteroatoms. The minimum Gasteiger partial charge on any atom is -0.310 e. The number of hydrogen-bond acceptors (Lipinski definition) is 2. The molecule has 1 fully saturated rings. The fourth-order valence-electron chi connectivity index (χ4n) is 2.66. The molecule has 1 aromatic carbocycles. The highest BCUT2D eigenvalue weighted by atomic mass is 19.1. The quantitative estimate of drug-likeness (QED) is 0.798. The molecule has 2 aliphatic rings. The number of rotatable bonds is 1. The van der Waals surface area contributed by atoms with Crippen LogP contribution in [0.4, 0.5) is 10.1 Å². The number of carbonyl (C=O) groups is 1. The maximum Gasteiger partial charge on any atom is 0.244 e. The van der Waals surface area contributed by atoms with E-state index in [4.69, 9.17) is 0 Å². The Morgan fingerprint density at radius 3 is 3.12 bits per heavy atom. The summed E-state index contributed by atoms with van der Waals surface area (Å²) < 4.78 is 13.2. The van der Waals surface area contributed by atoms with E-state index in [0.29, 0.717) is 6.54 Å². The van der Waals surface area contributed by atoms with E-state index in [1.807, 2.05) is 0 Å². The van der Waals surface area contributed by atoms with Gasteiger partial charge in [0, 0.05) is 12.2 Å². The molecular weight excluding hydrogens is 219 g/mol. The molecule has 2 heterocycles. The van der Waals surface area contributed by atoms with Gasteiger partial charge in [0.1, 0.15) is 5.82 Å². The average Bonchev–Trinajstić information content (AvgIpc) is 2.97. The topological polar surface area (TPSA) is 32.3 Å². The van der Waals surface area contributed by atoms with Gasteiger partial charge in [-0.3, -0.25) is 4.79 Å². The summed E-state index contributed by atoms with van der Waals surface area (Å²) in [5.41, 5.74) is 1.82. The molecule has 0 aliphatic carbocycles. The van der Waals surface area contributed by atoms with E-state index >= 15 is 0 Å². The number of nitrogens with one attached hydrogen (secondary N) is 1. The third-order valence-corrected chi connectivity index (χ3v) is 3.57. The highest BCUT2D eigenvalue weighted by Gasteiger charge is 2.31. The predicted molar refractivity (Wildman–Crippen MR) is 63.5 cm³/mol. The second-order valence-electron chi connectivity index (χ2n) is 4.66. The van der Waals surface area contributed by atoms with Crippen molar-refractivity contribution in [3.05, 3.63) is 29.6 Å². The lowest BCUT2D eigenvalue weighted by atomic mass is 10.1. The van der Waals surface area contributed by atoms with Crippen LogP contribution in [0, 0.1) is 5.82 Å². The molecule has 3 rings (SSSR count). The van der Waals surface area contributed by atoms with Gasteiger partial charge in [-0.15, -0.1) is 0 Å². The first-order chi connectivity index (χ1) is 8.25. The van der Waals surface area contributed by atoms with Crippen LogP contribution >= 0.6 is 0 Å². The second-order valence-corrected chi connectivity index (χ2v) is 4.66. The molecule has 2 aliphatic heterocycles. The Morgan fingerprint density at radius 1 is 1.47 bits per heavy atom. The normalized spacial score (nSPS) is 22.9. The molecule has 0 bridgehead atoms. The Hall–Kier alpha value is -1.42. The molecular formula is C13H15FN2O. The summed E-state index contributed by atoms with van der Waals surface area (Å²) in [5.74, 6) is -0.185. The van der Waals surface area contributed by atoms with Crippen molar-refractivity contribution in [1.29, 1.82) is 0 Å². The Morgan fingerprint density at radius 2 is 2.35 bits per heavy atom. The van der Waals surface area contributed by atoms with Crippen molar-refractivity contribution in [2.75, 3.05) is 18.0 Å². The van der Waals surface area contributed by atoms with Crippen LogP contribution in [0.2, 0.25) is 0 Å². The van der Waals surface area contributed by atoms with Gasteiger partial charge in [-0.1, -0.05) is 6.07 Å². The maximum absolute atomic E-state index is 13.2. The van der Waals surface area contributed by atoms with Crippen LogP contribution in [-0.2, 0) is 11.2 Å². The Kier molecular flexibility index (Phi) is 2.59. The summed E-state index contributed by atoms with van der Waals surface area (Å²) in [6.07, 6.45) is 2.76. The van der Waals surface area contributed by atoms with Crippen molar-refractivity contribution in [2.45, 2.75) is 25.3 Å². The van der Waals surface area contributed by atoms with Crippen LogP contribution in [0.25, 0.3) is 0 Å². The van der Waals surface area contributed by atoms with Gasteiger partial charge in [0.25, 0.3) is 0 Å². The molecule has 1 N–H and O–H groups in total. The summed E-state index contributed by atoms with van der Waals surface area (Å²) in [5, 5.41) is 3.19. The van der Waals surface area contributed by atoms with Crippen molar-refractivity contribution in [2.24, 2.45) is 0 Å². The van der Waals surface area contributed by atoms with E-state index in [0.717, 1.165) is 37.1 Å². The molecule has 0 aromatic heterocycles. The molecule has 1 saturated heterocycles. The van der Waals surface area contributed by atoms with Crippen molar-refractivity contribution in [3.8, 4) is 0 Å². The number of amides is 1. The second kappa shape index (κ2) is 4.11. The van der Waals surface area contributed by atoms with E-state index < -0.39 is 0 Å². The molecule has 0 radical (unpaired) electrons. The van der Waals surface area contributed by atoms with E-state index in [2.05, 4.69) is 5.32 Å². The van der Waals surface area contributed by atoms with Crippen LogP contribution in [0.1, 0.15) is 18.4 Å². The number of hydrogen-bond donors (Lipinski definition) is 1. The van der Waals surface area contributed by atoms with Gasteiger partial charge >= 0.3 is 0 Å². The summed E-state index contributed by atoms with van der Waals surface area (Å²) in [6, 6.07) is 4.62. The molecule has 90 valence electrons. The Labute approximate surface area is 99.6 Å².